The second-order valence-corrected chi connectivity index (χ2v) is 9.09. The van der Waals surface area contributed by atoms with Crippen molar-refractivity contribution in [3.63, 3.8) is 0 Å². The minimum atomic E-state index is -4.70. The first kappa shape index (κ1) is 21.8. The zero-order valence-corrected chi connectivity index (χ0v) is 17.1. The Balaban J connectivity index is 1.56. The number of anilines is 1. The summed E-state index contributed by atoms with van der Waals surface area (Å²) < 4.78 is 66.1. The number of piperidine rings is 1. The fourth-order valence-electron chi connectivity index (χ4n) is 3.69. The molecule has 2 heterocycles. The summed E-state index contributed by atoms with van der Waals surface area (Å²) in [4.78, 5) is 36.9. The van der Waals surface area contributed by atoms with Crippen LogP contribution in [0.2, 0.25) is 0 Å². The summed E-state index contributed by atoms with van der Waals surface area (Å²) in [6, 6.07) is 6.61. The summed E-state index contributed by atoms with van der Waals surface area (Å²) in [7, 11) is -4.33. The number of benzene rings is 2. The van der Waals surface area contributed by atoms with Crippen molar-refractivity contribution in [2.75, 3.05) is 4.72 Å². The fourth-order valence-corrected chi connectivity index (χ4v) is 4.79. The van der Waals surface area contributed by atoms with E-state index in [1.165, 1.54) is 23.1 Å². The minimum Gasteiger partial charge on any atom is -0.322 e. The average molecular weight is 467 g/mol. The van der Waals surface area contributed by atoms with Gasteiger partial charge in [0, 0.05) is 24.2 Å². The smallest absolute Gasteiger partial charge is 0.322 e. The molecule has 0 spiro atoms. The number of nitrogens with one attached hydrogen (secondary N) is 2. The number of imide groups is 1. The Bertz CT molecular complexity index is 1240. The molecule has 2 aliphatic heterocycles. The number of carbonyl (C=O) groups excluding carboxylic acids is 3. The number of hydrogen-bond acceptors (Lipinski definition) is 5. The van der Waals surface area contributed by atoms with E-state index in [1.54, 1.807) is 0 Å². The topological polar surface area (TPSA) is 113 Å². The van der Waals surface area contributed by atoms with Gasteiger partial charge in [0.2, 0.25) is 11.8 Å². The zero-order valence-electron chi connectivity index (χ0n) is 16.3. The van der Waals surface area contributed by atoms with Crippen LogP contribution in [0, 0.1) is 0 Å². The van der Waals surface area contributed by atoms with Crippen LogP contribution in [0.1, 0.15) is 34.3 Å². The molecule has 0 saturated carbocycles. The number of rotatable bonds is 4. The predicted octanol–water partition coefficient (Wildman–Crippen LogP) is 2.27. The fraction of sp³-hybridized carbons (Fsp3) is 0.250. The van der Waals surface area contributed by atoms with Gasteiger partial charge < -0.3 is 4.90 Å². The summed E-state index contributed by atoms with van der Waals surface area (Å²) in [5, 5.41) is 2.19. The van der Waals surface area contributed by atoms with Crippen molar-refractivity contribution >= 4 is 33.4 Å². The van der Waals surface area contributed by atoms with E-state index in [0.717, 1.165) is 18.2 Å². The first-order valence-electron chi connectivity index (χ1n) is 9.43. The highest BCUT2D eigenvalue weighted by Gasteiger charge is 2.39. The van der Waals surface area contributed by atoms with E-state index >= 15 is 0 Å². The van der Waals surface area contributed by atoms with Crippen molar-refractivity contribution in [1.29, 1.82) is 0 Å². The molecule has 4 rings (SSSR count). The quantitative estimate of drug-likeness (QED) is 0.670. The lowest BCUT2D eigenvalue weighted by Gasteiger charge is -2.29. The highest BCUT2D eigenvalue weighted by molar-refractivity contribution is 7.92. The normalized spacial score (nSPS) is 19.0. The molecule has 2 aliphatic rings. The zero-order chi connectivity index (χ0) is 23.3. The Kier molecular flexibility index (Phi) is 5.19. The maximum absolute atomic E-state index is 12.9. The monoisotopic (exact) mass is 467 g/mol. The average Bonchev–Trinajstić information content (AvgIpc) is 3.03. The third-order valence-corrected chi connectivity index (χ3v) is 6.63. The van der Waals surface area contributed by atoms with Gasteiger partial charge in [-0.15, -0.1) is 0 Å². The number of alkyl halides is 3. The Morgan fingerprint density at radius 1 is 1.06 bits per heavy atom. The van der Waals surface area contributed by atoms with E-state index in [0.29, 0.717) is 11.6 Å². The van der Waals surface area contributed by atoms with Gasteiger partial charge in [0.15, 0.2) is 0 Å². The second-order valence-electron chi connectivity index (χ2n) is 7.40. The molecule has 2 aromatic rings. The Hall–Kier alpha value is -3.41. The lowest BCUT2D eigenvalue weighted by Crippen LogP contribution is -2.52. The van der Waals surface area contributed by atoms with E-state index in [1.807, 2.05) is 0 Å². The van der Waals surface area contributed by atoms with E-state index in [4.69, 9.17) is 0 Å². The van der Waals surface area contributed by atoms with E-state index in [2.05, 4.69) is 10.0 Å². The number of nitrogens with zero attached hydrogens (tertiary/aromatic N) is 1. The standard InChI is InChI=1S/C20H16F3N3O5S/c21-20(22,23)12-2-1-3-14(9-12)32(30,31)25-13-4-5-15-11(8-13)10-26(19(15)29)16-6-7-17(27)24-18(16)28/h1-5,8-9,16,25H,6-7,10H2,(H,24,27,28). The molecule has 32 heavy (non-hydrogen) atoms. The number of halogens is 3. The molecule has 0 radical (unpaired) electrons. The lowest BCUT2D eigenvalue weighted by atomic mass is 10.0. The van der Waals surface area contributed by atoms with Gasteiger partial charge in [0.05, 0.1) is 10.5 Å². The lowest BCUT2D eigenvalue weighted by molar-refractivity contribution is -0.138. The number of hydrogen-bond donors (Lipinski definition) is 2. The molecule has 1 saturated heterocycles. The van der Waals surface area contributed by atoms with Gasteiger partial charge in [0.1, 0.15) is 6.04 Å². The van der Waals surface area contributed by atoms with Crippen LogP contribution in [0.25, 0.3) is 0 Å². The SMILES string of the molecule is O=C1CCC(N2Cc3cc(NS(=O)(=O)c4cccc(C(F)(F)F)c4)ccc3C2=O)C(=O)N1. The highest BCUT2D eigenvalue weighted by atomic mass is 32.2. The molecule has 1 unspecified atom stereocenters. The van der Waals surface area contributed by atoms with Crippen molar-refractivity contribution < 1.29 is 36.0 Å². The van der Waals surface area contributed by atoms with Gasteiger partial charge in [-0.2, -0.15) is 13.2 Å². The van der Waals surface area contributed by atoms with Gasteiger partial charge in [-0.1, -0.05) is 6.07 Å². The molecule has 8 nitrogen and oxygen atoms in total. The van der Waals surface area contributed by atoms with Crippen LogP contribution in [-0.4, -0.2) is 37.1 Å². The molecule has 0 aromatic heterocycles. The summed E-state index contributed by atoms with van der Waals surface area (Å²) in [6.07, 6.45) is -4.42. The first-order valence-corrected chi connectivity index (χ1v) is 10.9. The molecule has 1 fully saturated rings. The molecular weight excluding hydrogens is 451 g/mol. The van der Waals surface area contributed by atoms with Gasteiger partial charge in [-0.25, -0.2) is 8.42 Å². The van der Waals surface area contributed by atoms with Crippen LogP contribution >= 0.6 is 0 Å². The summed E-state index contributed by atoms with van der Waals surface area (Å²) in [6.45, 7) is 0.0274. The van der Waals surface area contributed by atoms with Crippen molar-refractivity contribution in [2.45, 2.75) is 36.5 Å². The minimum absolute atomic E-state index is 0.0274. The van der Waals surface area contributed by atoms with Gasteiger partial charge >= 0.3 is 6.18 Å². The number of carbonyl (C=O) groups is 3. The molecule has 0 bridgehead atoms. The molecule has 2 N–H and O–H groups in total. The molecule has 0 aliphatic carbocycles. The maximum atomic E-state index is 12.9. The maximum Gasteiger partial charge on any atom is 0.416 e. The second kappa shape index (κ2) is 7.62. The van der Waals surface area contributed by atoms with Gasteiger partial charge in [-0.05, 0) is 48.4 Å². The third-order valence-electron chi connectivity index (χ3n) is 5.25. The van der Waals surface area contributed by atoms with E-state index in [9.17, 15) is 36.0 Å². The Morgan fingerprint density at radius 3 is 2.50 bits per heavy atom. The van der Waals surface area contributed by atoms with Gasteiger partial charge in [-0.3, -0.25) is 24.4 Å². The van der Waals surface area contributed by atoms with Crippen LogP contribution in [0.4, 0.5) is 18.9 Å². The van der Waals surface area contributed by atoms with Gasteiger partial charge in [0.25, 0.3) is 15.9 Å². The Labute approximate surface area is 180 Å². The highest BCUT2D eigenvalue weighted by Crippen LogP contribution is 2.32. The van der Waals surface area contributed by atoms with Crippen molar-refractivity contribution in [3.05, 3.63) is 59.2 Å². The molecule has 1 atom stereocenters. The van der Waals surface area contributed by atoms with Crippen LogP contribution in [0.3, 0.4) is 0 Å². The van der Waals surface area contributed by atoms with Crippen LogP contribution in [0.5, 0.6) is 0 Å². The van der Waals surface area contributed by atoms with Crippen LogP contribution in [-0.2, 0) is 32.3 Å². The van der Waals surface area contributed by atoms with E-state index in [-0.39, 0.29) is 30.6 Å². The van der Waals surface area contributed by atoms with Crippen LogP contribution < -0.4 is 10.0 Å². The molecular formula is C20H16F3N3O5S. The Morgan fingerprint density at radius 2 is 1.81 bits per heavy atom. The molecule has 2 aromatic carbocycles. The van der Waals surface area contributed by atoms with E-state index < -0.39 is 50.4 Å². The molecule has 3 amide bonds. The van der Waals surface area contributed by atoms with Crippen molar-refractivity contribution in [3.8, 4) is 0 Å². The van der Waals surface area contributed by atoms with Crippen molar-refractivity contribution in [1.82, 2.24) is 10.2 Å². The molecule has 168 valence electrons. The number of fused-ring (bicyclic) bond motifs is 1. The summed E-state index contributed by atoms with van der Waals surface area (Å²) in [5.74, 6) is -1.42. The third kappa shape index (κ3) is 4.05. The summed E-state index contributed by atoms with van der Waals surface area (Å²) in [5.41, 5.74) is -0.320. The number of sulfonamides is 1. The largest absolute Gasteiger partial charge is 0.416 e. The number of amides is 3. The predicted molar refractivity (Wildman–Crippen MR) is 105 cm³/mol. The first-order chi connectivity index (χ1) is 15.0. The molecule has 12 heteroatoms. The summed E-state index contributed by atoms with van der Waals surface area (Å²) >= 11 is 0. The van der Waals surface area contributed by atoms with Crippen molar-refractivity contribution in [2.24, 2.45) is 0 Å². The van der Waals surface area contributed by atoms with Crippen LogP contribution in [0.15, 0.2) is 47.4 Å².